The second kappa shape index (κ2) is 5.44. The van der Waals surface area contributed by atoms with Crippen LogP contribution in [0.1, 0.15) is 29.8 Å². The highest BCUT2D eigenvalue weighted by atomic mass is 32.1. The quantitative estimate of drug-likeness (QED) is 0.823. The number of benzene rings is 1. The second-order valence-corrected chi connectivity index (χ2v) is 5.35. The Labute approximate surface area is 112 Å². The van der Waals surface area contributed by atoms with Crippen molar-refractivity contribution in [2.45, 2.75) is 20.8 Å². The van der Waals surface area contributed by atoms with Gasteiger partial charge in [0.2, 0.25) is 0 Å². The molecule has 5 heteroatoms. The van der Waals surface area contributed by atoms with Crippen LogP contribution < -0.4 is 11.1 Å². The fourth-order valence-corrected chi connectivity index (χ4v) is 1.37. The molecule has 1 aromatic rings. The standard InChI is InChI=1S/C13H17FN2OS/c1-8-4-5-10(14)9(6-8)11(17)16-7-13(2,3)12(15)18/h4-6H,7H2,1-3H3,(H2,15,18)(H,16,17). The number of hydrogen-bond donors (Lipinski definition) is 2. The molecule has 0 aliphatic heterocycles. The third-order valence-electron chi connectivity index (χ3n) is 2.72. The van der Waals surface area contributed by atoms with E-state index in [1.807, 2.05) is 13.8 Å². The lowest BCUT2D eigenvalue weighted by molar-refractivity contribution is 0.0941. The van der Waals surface area contributed by atoms with Gasteiger partial charge in [-0.2, -0.15) is 0 Å². The highest BCUT2D eigenvalue weighted by molar-refractivity contribution is 7.80. The van der Waals surface area contributed by atoms with Crippen LogP contribution in [0.25, 0.3) is 0 Å². The van der Waals surface area contributed by atoms with Crippen molar-refractivity contribution in [3.8, 4) is 0 Å². The maximum Gasteiger partial charge on any atom is 0.254 e. The molecular formula is C13H17FN2OS. The molecule has 0 unspecified atom stereocenters. The lowest BCUT2D eigenvalue weighted by atomic mass is 9.93. The third kappa shape index (κ3) is 3.50. The minimum absolute atomic E-state index is 0.0359. The van der Waals surface area contributed by atoms with Crippen molar-refractivity contribution < 1.29 is 9.18 Å². The molecule has 0 fully saturated rings. The minimum Gasteiger partial charge on any atom is -0.393 e. The van der Waals surface area contributed by atoms with Gasteiger partial charge in [-0.25, -0.2) is 4.39 Å². The Morgan fingerprint density at radius 3 is 2.67 bits per heavy atom. The molecule has 0 bridgehead atoms. The van der Waals surface area contributed by atoms with Crippen LogP contribution in [0, 0.1) is 18.2 Å². The molecule has 98 valence electrons. The number of hydrogen-bond acceptors (Lipinski definition) is 2. The average molecular weight is 268 g/mol. The van der Waals surface area contributed by atoms with E-state index in [0.29, 0.717) is 4.99 Å². The monoisotopic (exact) mass is 268 g/mol. The first kappa shape index (κ1) is 14.6. The van der Waals surface area contributed by atoms with Gasteiger partial charge in [0.25, 0.3) is 5.91 Å². The Morgan fingerprint density at radius 1 is 1.50 bits per heavy atom. The number of amides is 1. The summed E-state index contributed by atoms with van der Waals surface area (Å²) in [6.45, 7) is 5.72. The van der Waals surface area contributed by atoms with Gasteiger partial charge < -0.3 is 11.1 Å². The summed E-state index contributed by atoms with van der Waals surface area (Å²) in [5.74, 6) is -0.994. The zero-order valence-electron chi connectivity index (χ0n) is 10.7. The molecule has 0 atom stereocenters. The first-order valence-electron chi connectivity index (χ1n) is 5.58. The predicted molar refractivity (Wildman–Crippen MR) is 74.0 cm³/mol. The molecule has 0 spiro atoms. The van der Waals surface area contributed by atoms with Crippen molar-refractivity contribution >= 4 is 23.1 Å². The van der Waals surface area contributed by atoms with Crippen LogP contribution >= 0.6 is 12.2 Å². The zero-order valence-corrected chi connectivity index (χ0v) is 11.5. The van der Waals surface area contributed by atoms with Gasteiger partial charge in [0.1, 0.15) is 5.82 Å². The molecule has 18 heavy (non-hydrogen) atoms. The minimum atomic E-state index is -0.536. The Bertz CT molecular complexity index is 486. The van der Waals surface area contributed by atoms with Crippen molar-refractivity contribution in [2.75, 3.05) is 6.54 Å². The van der Waals surface area contributed by atoms with Crippen LogP contribution in [0.5, 0.6) is 0 Å². The molecular weight excluding hydrogens is 251 g/mol. The molecule has 1 amide bonds. The van der Waals surface area contributed by atoms with E-state index in [4.69, 9.17) is 18.0 Å². The largest absolute Gasteiger partial charge is 0.393 e. The van der Waals surface area contributed by atoms with E-state index in [0.717, 1.165) is 5.56 Å². The normalized spacial score (nSPS) is 11.1. The van der Waals surface area contributed by atoms with Gasteiger partial charge in [-0.1, -0.05) is 37.7 Å². The summed E-state index contributed by atoms with van der Waals surface area (Å²) in [5, 5.41) is 2.64. The number of thiocarbonyl (C=S) groups is 1. The maximum absolute atomic E-state index is 13.5. The SMILES string of the molecule is Cc1ccc(F)c(C(=O)NCC(C)(C)C(N)=S)c1. The molecule has 0 radical (unpaired) electrons. The van der Waals surface area contributed by atoms with Crippen LogP contribution in [0.4, 0.5) is 4.39 Å². The second-order valence-electron chi connectivity index (χ2n) is 4.91. The van der Waals surface area contributed by atoms with Crippen LogP contribution in [0.15, 0.2) is 18.2 Å². The van der Waals surface area contributed by atoms with Gasteiger partial charge in [0.15, 0.2) is 0 Å². The lowest BCUT2D eigenvalue weighted by Crippen LogP contribution is -2.41. The third-order valence-corrected chi connectivity index (χ3v) is 3.28. The topological polar surface area (TPSA) is 55.1 Å². The first-order chi connectivity index (χ1) is 8.24. The number of aryl methyl sites for hydroxylation is 1. The van der Waals surface area contributed by atoms with Gasteiger partial charge in [-0.15, -0.1) is 0 Å². The van der Waals surface area contributed by atoms with Crippen molar-refractivity contribution in [2.24, 2.45) is 11.1 Å². The Morgan fingerprint density at radius 2 is 2.11 bits per heavy atom. The zero-order chi connectivity index (χ0) is 13.9. The molecule has 1 rings (SSSR count). The number of nitrogens with two attached hydrogens (primary N) is 1. The van der Waals surface area contributed by atoms with Crippen LogP contribution in [0.2, 0.25) is 0 Å². The summed E-state index contributed by atoms with van der Waals surface area (Å²) >= 11 is 4.90. The molecule has 0 heterocycles. The Hall–Kier alpha value is -1.49. The van der Waals surface area contributed by atoms with Crippen molar-refractivity contribution in [3.05, 3.63) is 35.1 Å². The van der Waals surface area contributed by atoms with Crippen LogP contribution in [-0.4, -0.2) is 17.4 Å². The molecule has 0 aliphatic rings. The Balaban J connectivity index is 2.78. The summed E-state index contributed by atoms with van der Waals surface area (Å²) in [7, 11) is 0. The van der Waals surface area contributed by atoms with Gasteiger partial charge in [0, 0.05) is 12.0 Å². The number of carbonyl (C=O) groups is 1. The predicted octanol–water partition coefficient (Wildman–Crippen LogP) is 2.18. The van der Waals surface area contributed by atoms with Gasteiger partial charge >= 0.3 is 0 Å². The van der Waals surface area contributed by atoms with E-state index in [1.165, 1.54) is 12.1 Å². The lowest BCUT2D eigenvalue weighted by Gasteiger charge is -2.23. The van der Waals surface area contributed by atoms with Gasteiger partial charge in [-0.05, 0) is 19.1 Å². The van der Waals surface area contributed by atoms with Crippen LogP contribution in [0.3, 0.4) is 0 Å². The molecule has 3 N–H and O–H groups in total. The molecule has 0 aliphatic carbocycles. The van der Waals surface area contributed by atoms with E-state index in [1.54, 1.807) is 13.0 Å². The first-order valence-corrected chi connectivity index (χ1v) is 5.99. The smallest absolute Gasteiger partial charge is 0.254 e. The number of carbonyl (C=O) groups excluding carboxylic acids is 1. The number of nitrogens with one attached hydrogen (secondary N) is 1. The number of rotatable bonds is 4. The summed E-state index contributed by atoms with van der Waals surface area (Å²) in [6, 6.07) is 4.41. The fraction of sp³-hybridized carbons (Fsp3) is 0.385. The van der Waals surface area contributed by atoms with Crippen LogP contribution in [-0.2, 0) is 0 Å². The molecule has 1 aromatic carbocycles. The summed E-state index contributed by atoms with van der Waals surface area (Å²) < 4.78 is 13.5. The summed E-state index contributed by atoms with van der Waals surface area (Å²) in [5.41, 5.74) is 5.93. The molecule has 0 saturated heterocycles. The van der Waals surface area contributed by atoms with Crippen molar-refractivity contribution in [1.82, 2.24) is 5.32 Å². The highest BCUT2D eigenvalue weighted by Gasteiger charge is 2.23. The molecule has 3 nitrogen and oxygen atoms in total. The summed E-state index contributed by atoms with van der Waals surface area (Å²) in [4.78, 5) is 12.2. The van der Waals surface area contributed by atoms with E-state index < -0.39 is 17.1 Å². The van der Waals surface area contributed by atoms with Crippen molar-refractivity contribution in [1.29, 1.82) is 0 Å². The Kier molecular flexibility index (Phi) is 4.40. The molecule has 0 aromatic heterocycles. The molecule has 0 saturated carbocycles. The van der Waals surface area contributed by atoms with E-state index >= 15 is 0 Å². The highest BCUT2D eigenvalue weighted by Crippen LogP contribution is 2.15. The van der Waals surface area contributed by atoms with Crippen molar-refractivity contribution in [3.63, 3.8) is 0 Å². The average Bonchev–Trinajstić information content (AvgIpc) is 2.29. The fourth-order valence-electron chi connectivity index (χ4n) is 1.30. The van der Waals surface area contributed by atoms with Gasteiger partial charge in [-0.3, -0.25) is 4.79 Å². The summed E-state index contributed by atoms with van der Waals surface area (Å²) in [6.07, 6.45) is 0. The van der Waals surface area contributed by atoms with Gasteiger partial charge in [0.05, 0.1) is 10.6 Å². The van der Waals surface area contributed by atoms with E-state index in [-0.39, 0.29) is 12.1 Å². The van der Waals surface area contributed by atoms with E-state index in [9.17, 15) is 9.18 Å². The number of halogens is 1. The maximum atomic E-state index is 13.5. The van der Waals surface area contributed by atoms with E-state index in [2.05, 4.69) is 5.32 Å².